The summed E-state index contributed by atoms with van der Waals surface area (Å²) in [6, 6.07) is 0. The second kappa shape index (κ2) is 11.2. The third-order valence-corrected chi connectivity index (χ3v) is 6.11. The van der Waals surface area contributed by atoms with E-state index in [-0.39, 0.29) is 18.1 Å². The highest BCUT2D eigenvalue weighted by atomic mass is 16.3. The van der Waals surface area contributed by atoms with Crippen LogP contribution in [0.25, 0.3) is 0 Å². The van der Waals surface area contributed by atoms with Crippen LogP contribution in [0.4, 0.5) is 0 Å². The maximum atomic E-state index is 10.4. The van der Waals surface area contributed by atoms with Gasteiger partial charge in [0, 0.05) is 5.92 Å². The predicted octanol–water partition coefficient (Wildman–Crippen LogP) is 4.34. The lowest BCUT2D eigenvalue weighted by Crippen LogP contribution is -2.17. The van der Waals surface area contributed by atoms with E-state index in [9.17, 15) is 10.2 Å². The summed E-state index contributed by atoms with van der Waals surface area (Å²) in [5, 5.41) is 20.5. The molecule has 0 radical (unpaired) electrons. The summed E-state index contributed by atoms with van der Waals surface area (Å²) in [4.78, 5) is 0. The number of rotatable bonds is 11. The molecule has 0 aromatic carbocycles. The zero-order valence-electron chi connectivity index (χ0n) is 16.1. The molecular weight excluding hydrogens is 310 g/mol. The predicted molar refractivity (Wildman–Crippen MR) is 105 cm³/mol. The molecule has 144 valence electrons. The van der Waals surface area contributed by atoms with Crippen LogP contribution in [0.5, 0.6) is 0 Å². The Morgan fingerprint density at radius 1 is 1.16 bits per heavy atom. The van der Waals surface area contributed by atoms with Crippen LogP contribution in [-0.4, -0.2) is 29.0 Å². The Balaban J connectivity index is 1.80. The molecule has 0 spiro atoms. The standard InChI is InChI=1S/C22H39NO2/c1-2-3-6-10-19(24)11-12-20-21-15-17(9-7-4-5-8-13-23)14-18(21)16-22(20)25/h9,11-12,18-22,24-25H,2-8,10,13-16,23H2,1H3/t18-,19-,20+,21-,22+/m0/s1. The lowest BCUT2D eigenvalue weighted by Gasteiger charge is -2.17. The minimum Gasteiger partial charge on any atom is -0.392 e. The quantitative estimate of drug-likeness (QED) is 0.384. The normalized spacial score (nSPS) is 31.9. The molecule has 2 rings (SSSR count). The molecule has 0 heterocycles. The van der Waals surface area contributed by atoms with Crippen molar-refractivity contribution in [1.82, 2.24) is 0 Å². The third-order valence-electron chi connectivity index (χ3n) is 6.11. The van der Waals surface area contributed by atoms with Gasteiger partial charge >= 0.3 is 0 Å². The maximum absolute atomic E-state index is 10.4. The molecule has 0 aliphatic heterocycles. The highest BCUT2D eigenvalue weighted by Crippen LogP contribution is 2.50. The van der Waals surface area contributed by atoms with Crippen LogP contribution in [0.15, 0.2) is 23.8 Å². The van der Waals surface area contributed by atoms with Gasteiger partial charge in [-0.1, -0.05) is 56.4 Å². The van der Waals surface area contributed by atoms with Crippen molar-refractivity contribution in [2.45, 2.75) is 89.8 Å². The molecule has 0 unspecified atom stereocenters. The fourth-order valence-corrected chi connectivity index (χ4v) is 4.67. The van der Waals surface area contributed by atoms with Gasteiger partial charge in [0.15, 0.2) is 0 Å². The van der Waals surface area contributed by atoms with E-state index in [0.717, 1.165) is 38.6 Å². The molecule has 3 nitrogen and oxygen atoms in total. The van der Waals surface area contributed by atoms with E-state index in [1.54, 1.807) is 5.57 Å². The summed E-state index contributed by atoms with van der Waals surface area (Å²) >= 11 is 0. The molecular formula is C22H39NO2. The molecule has 0 aromatic rings. The van der Waals surface area contributed by atoms with E-state index in [2.05, 4.69) is 19.1 Å². The highest BCUT2D eigenvalue weighted by Gasteiger charge is 2.44. The molecule has 0 bridgehead atoms. The second-order valence-electron chi connectivity index (χ2n) is 8.16. The smallest absolute Gasteiger partial charge is 0.0721 e. The van der Waals surface area contributed by atoms with E-state index in [1.807, 2.05) is 6.08 Å². The summed E-state index contributed by atoms with van der Waals surface area (Å²) in [7, 11) is 0. The van der Waals surface area contributed by atoms with E-state index in [4.69, 9.17) is 5.73 Å². The molecule has 0 amide bonds. The topological polar surface area (TPSA) is 66.5 Å². The van der Waals surface area contributed by atoms with Gasteiger partial charge < -0.3 is 15.9 Å². The average molecular weight is 350 g/mol. The number of hydrogen-bond donors (Lipinski definition) is 3. The monoisotopic (exact) mass is 349 g/mol. The van der Waals surface area contributed by atoms with Crippen LogP contribution in [0.2, 0.25) is 0 Å². The summed E-state index contributed by atoms with van der Waals surface area (Å²) in [6.07, 6.45) is 18.2. The Kier molecular flexibility index (Phi) is 9.22. The molecule has 2 aliphatic carbocycles. The molecule has 25 heavy (non-hydrogen) atoms. The average Bonchev–Trinajstić information content (AvgIpc) is 3.09. The summed E-state index contributed by atoms with van der Waals surface area (Å²) in [5.41, 5.74) is 7.14. The van der Waals surface area contributed by atoms with Crippen molar-refractivity contribution in [3.8, 4) is 0 Å². The first-order valence-corrected chi connectivity index (χ1v) is 10.6. The van der Waals surface area contributed by atoms with Crippen LogP contribution in [0.1, 0.15) is 77.6 Å². The SMILES string of the molecule is CCCCC[C@H](O)C=C[C@@H]1[C@H]2CC(=CCCCCCN)C[C@H]2C[C@H]1O. The molecule has 2 aliphatic rings. The van der Waals surface area contributed by atoms with Crippen molar-refractivity contribution in [2.24, 2.45) is 23.5 Å². The zero-order chi connectivity index (χ0) is 18.1. The number of allylic oxidation sites excluding steroid dienone is 2. The number of unbranched alkanes of at least 4 members (excludes halogenated alkanes) is 5. The van der Waals surface area contributed by atoms with Gasteiger partial charge in [0.25, 0.3) is 0 Å². The number of fused-ring (bicyclic) bond motifs is 1. The summed E-state index contributed by atoms with van der Waals surface area (Å²) in [6.45, 7) is 2.98. The van der Waals surface area contributed by atoms with Crippen molar-refractivity contribution in [2.75, 3.05) is 6.54 Å². The largest absolute Gasteiger partial charge is 0.392 e. The van der Waals surface area contributed by atoms with Gasteiger partial charge in [0.05, 0.1) is 12.2 Å². The van der Waals surface area contributed by atoms with Crippen LogP contribution in [-0.2, 0) is 0 Å². The number of aliphatic hydroxyl groups excluding tert-OH is 2. The Labute approximate surface area is 154 Å². The van der Waals surface area contributed by atoms with Gasteiger partial charge in [0.1, 0.15) is 0 Å². The number of aliphatic hydroxyl groups is 2. The number of nitrogens with two attached hydrogens (primary N) is 1. The van der Waals surface area contributed by atoms with Gasteiger partial charge in [-0.3, -0.25) is 0 Å². The van der Waals surface area contributed by atoms with E-state index in [1.165, 1.54) is 38.5 Å². The van der Waals surface area contributed by atoms with Crippen LogP contribution in [0, 0.1) is 17.8 Å². The minimum atomic E-state index is -0.350. The fourth-order valence-electron chi connectivity index (χ4n) is 4.67. The third kappa shape index (κ3) is 6.54. The van der Waals surface area contributed by atoms with E-state index < -0.39 is 0 Å². The van der Waals surface area contributed by atoms with E-state index in [0.29, 0.717) is 11.8 Å². The minimum absolute atomic E-state index is 0.222. The van der Waals surface area contributed by atoms with Crippen LogP contribution < -0.4 is 5.73 Å². The molecule has 0 aromatic heterocycles. The van der Waals surface area contributed by atoms with Gasteiger partial charge in [-0.2, -0.15) is 0 Å². The lowest BCUT2D eigenvalue weighted by atomic mass is 9.90. The lowest BCUT2D eigenvalue weighted by molar-refractivity contribution is 0.139. The first-order valence-electron chi connectivity index (χ1n) is 10.6. The van der Waals surface area contributed by atoms with Gasteiger partial charge in [0.2, 0.25) is 0 Å². The first-order chi connectivity index (χ1) is 12.2. The van der Waals surface area contributed by atoms with Crippen molar-refractivity contribution >= 4 is 0 Å². The summed E-state index contributed by atoms with van der Waals surface area (Å²) < 4.78 is 0. The molecule has 0 saturated heterocycles. The van der Waals surface area contributed by atoms with Crippen molar-refractivity contribution in [3.05, 3.63) is 23.8 Å². The molecule has 3 heteroatoms. The second-order valence-corrected chi connectivity index (χ2v) is 8.16. The summed E-state index contributed by atoms with van der Waals surface area (Å²) in [5.74, 6) is 1.44. The first kappa shape index (κ1) is 20.7. The Morgan fingerprint density at radius 2 is 2.00 bits per heavy atom. The van der Waals surface area contributed by atoms with E-state index >= 15 is 0 Å². The van der Waals surface area contributed by atoms with Gasteiger partial charge in [-0.25, -0.2) is 0 Å². The molecule has 5 atom stereocenters. The highest BCUT2D eigenvalue weighted by molar-refractivity contribution is 5.17. The fraction of sp³-hybridized carbons (Fsp3) is 0.818. The molecule has 2 saturated carbocycles. The van der Waals surface area contributed by atoms with Crippen LogP contribution in [0.3, 0.4) is 0 Å². The number of hydrogen-bond acceptors (Lipinski definition) is 3. The van der Waals surface area contributed by atoms with Gasteiger partial charge in [-0.15, -0.1) is 0 Å². The Bertz CT molecular complexity index is 432. The Morgan fingerprint density at radius 3 is 2.76 bits per heavy atom. The van der Waals surface area contributed by atoms with Crippen molar-refractivity contribution < 1.29 is 10.2 Å². The van der Waals surface area contributed by atoms with Crippen molar-refractivity contribution in [3.63, 3.8) is 0 Å². The van der Waals surface area contributed by atoms with Crippen molar-refractivity contribution in [1.29, 1.82) is 0 Å². The maximum Gasteiger partial charge on any atom is 0.0721 e. The molecule has 4 N–H and O–H groups in total. The molecule has 2 fully saturated rings. The Hall–Kier alpha value is -0.640. The van der Waals surface area contributed by atoms with Gasteiger partial charge in [-0.05, 0) is 63.3 Å². The van der Waals surface area contributed by atoms with Crippen LogP contribution >= 0.6 is 0 Å². The zero-order valence-corrected chi connectivity index (χ0v) is 16.1.